The Labute approximate surface area is 111 Å². The first-order chi connectivity index (χ1) is 9.19. The van der Waals surface area contributed by atoms with Gasteiger partial charge < -0.3 is 10.6 Å². The van der Waals surface area contributed by atoms with E-state index in [4.69, 9.17) is 0 Å². The van der Waals surface area contributed by atoms with Gasteiger partial charge in [0.1, 0.15) is 0 Å². The third-order valence-corrected chi connectivity index (χ3v) is 3.87. The molecule has 2 aromatic rings. The Morgan fingerprint density at radius 1 is 1.47 bits per heavy atom. The summed E-state index contributed by atoms with van der Waals surface area (Å²) in [6, 6.07) is 5.80. The number of aromatic amines is 1. The molecule has 2 heterocycles. The fraction of sp³-hybridized carbons (Fsp3) is 0.429. The zero-order chi connectivity index (χ0) is 13.3. The van der Waals surface area contributed by atoms with Gasteiger partial charge in [-0.2, -0.15) is 5.10 Å². The van der Waals surface area contributed by atoms with E-state index in [0.29, 0.717) is 0 Å². The highest BCUT2D eigenvalue weighted by Crippen LogP contribution is 2.28. The second kappa shape index (κ2) is 4.66. The summed E-state index contributed by atoms with van der Waals surface area (Å²) in [5, 5.41) is 14.3. The number of para-hydroxylation sites is 1. The molecule has 1 atom stereocenters. The number of H-pyrrole nitrogens is 1. The minimum absolute atomic E-state index is 0.0711. The zero-order valence-electron chi connectivity index (χ0n) is 11.0. The first-order valence-electron chi connectivity index (χ1n) is 6.63. The van der Waals surface area contributed by atoms with Gasteiger partial charge in [0, 0.05) is 11.9 Å². The Kier molecular flexibility index (Phi) is 2.98. The van der Waals surface area contributed by atoms with Gasteiger partial charge in [0.25, 0.3) is 0 Å². The number of nitrogens with one attached hydrogen (secondary N) is 3. The zero-order valence-corrected chi connectivity index (χ0v) is 11.0. The van der Waals surface area contributed by atoms with Crippen LogP contribution in [0.3, 0.4) is 0 Å². The van der Waals surface area contributed by atoms with Crippen LogP contribution in [0.4, 0.5) is 5.69 Å². The molecule has 5 heteroatoms. The molecule has 3 N–H and O–H groups in total. The highest BCUT2D eigenvalue weighted by Gasteiger charge is 2.34. The summed E-state index contributed by atoms with van der Waals surface area (Å²) in [6.45, 7) is 3.75. The highest BCUT2D eigenvalue weighted by atomic mass is 16.2. The number of piperidine rings is 1. The molecule has 0 bridgehead atoms. The topological polar surface area (TPSA) is 69.8 Å². The summed E-state index contributed by atoms with van der Waals surface area (Å²) in [7, 11) is 0. The fourth-order valence-electron chi connectivity index (χ4n) is 2.60. The summed E-state index contributed by atoms with van der Waals surface area (Å²) in [4.78, 5) is 12.5. The maximum Gasteiger partial charge on any atom is 0.231 e. The molecule has 1 saturated heterocycles. The minimum Gasteiger partial charge on any atom is -0.324 e. The molecule has 0 radical (unpaired) electrons. The summed E-state index contributed by atoms with van der Waals surface area (Å²) < 4.78 is 0. The van der Waals surface area contributed by atoms with E-state index in [1.807, 2.05) is 25.1 Å². The number of nitrogens with zero attached hydrogens (tertiary/aromatic N) is 1. The third-order valence-electron chi connectivity index (χ3n) is 3.87. The van der Waals surface area contributed by atoms with Crippen LogP contribution in [-0.2, 0) is 4.79 Å². The van der Waals surface area contributed by atoms with Gasteiger partial charge >= 0.3 is 0 Å². The molecule has 0 spiro atoms. The fourth-order valence-corrected chi connectivity index (χ4v) is 2.60. The second-order valence-corrected chi connectivity index (χ2v) is 5.43. The maximum absolute atomic E-state index is 12.5. The summed E-state index contributed by atoms with van der Waals surface area (Å²) in [5.74, 6) is 0.0711. The predicted octanol–water partition coefficient (Wildman–Crippen LogP) is 1.89. The van der Waals surface area contributed by atoms with E-state index in [9.17, 15) is 4.79 Å². The summed E-state index contributed by atoms with van der Waals surface area (Å²) >= 11 is 0. The van der Waals surface area contributed by atoms with Crippen molar-refractivity contribution in [1.82, 2.24) is 15.5 Å². The third kappa shape index (κ3) is 2.21. The number of aromatic nitrogens is 2. The number of carbonyl (C=O) groups excluding carboxylic acids is 1. The van der Waals surface area contributed by atoms with Crippen molar-refractivity contribution < 1.29 is 4.79 Å². The molecule has 0 aliphatic carbocycles. The molecule has 1 fully saturated rings. The molecule has 0 saturated carbocycles. The average molecular weight is 258 g/mol. The maximum atomic E-state index is 12.5. The number of rotatable bonds is 2. The summed E-state index contributed by atoms with van der Waals surface area (Å²) in [6.07, 6.45) is 3.72. The lowest BCUT2D eigenvalue weighted by molar-refractivity contribution is -0.125. The van der Waals surface area contributed by atoms with E-state index in [1.54, 1.807) is 6.20 Å². The number of carbonyl (C=O) groups is 1. The Morgan fingerprint density at radius 3 is 3.16 bits per heavy atom. The van der Waals surface area contributed by atoms with Crippen molar-refractivity contribution in [2.24, 2.45) is 5.41 Å². The van der Waals surface area contributed by atoms with E-state index in [1.165, 1.54) is 0 Å². The van der Waals surface area contributed by atoms with Crippen LogP contribution in [0.2, 0.25) is 0 Å². The highest BCUT2D eigenvalue weighted by molar-refractivity contribution is 6.02. The number of hydrogen-bond acceptors (Lipinski definition) is 3. The van der Waals surface area contributed by atoms with E-state index >= 15 is 0 Å². The van der Waals surface area contributed by atoms with Gasteiger partial charge in [-0.05, 0) is 32.4 Å². The molecule has 5 nitrogen and oxygen atoms in total. The number of benzene rings is 1. The van der Waals surface area contributed by atoms with E-state index in [-0.39, 0.29) is 11.3 Å². The van der Waals surface area contributed by atoms with Gasteiger partial charge in [-0.1, -0.05) is 12.1 Å². The molecular weight excluding hydrogens is 240 g/mol. The molecular formula is C14H18N4O. The van der Waals surface area contributed by atoms with Crippen molar-refractivity contribution >= 4 is 22.5 Å². The Balaban J connectivity index is 1.84. The van der Waals surface area contributed by atoms with Crippen molar-refractivity contribution in [1.29, 1.82) is 0 Å². The average Bonchev–Trinajstić information content (AvgIpc) is 2.89. The second-order valence-electron chi connectivity index (χ2n) is 5.43. The van der Waals surface area contributed by atoms with Gasteiger partial charge in [0.05, 0.1) is 22.8 Å². The predicted molar refractivity (Wildman–Crippen MR) is 74.9 cm³/mol. The molecule has 1 aliphatic rings. The smallest absolute Gasteiger partial charge is 0.231 e. The van der Waals surface area contributed by atoms with E-state index in [0.717, 1.165) is 42.5 Å². The van der Waals surface area contributed by atoms with Gasteiger partial charge in [-0.15, -0.1) is 0 Å². The van der Waals surface area contributed by atoms with Crippen LogP contribution in [-0.4, -0.2) is 29.2 Å². The Bertz CT molecular complexity index is 598. The molecule has 3 rings (SSSR count). The van der Waals surface area contributed by atoms with Crippen molar-refractivity contribution in [3.63, 3.8) is 0 Å². The molecule has 1 unspecified atom stereocenters. The summed E-state index contributed by atoms with van der Waals surface area (Å²) in [5.41, 5.74) is 1.34. The lowest BCUT2D eigenvalue weighted by atomic mass is 9.82. The van der Waals surface area contributed by atoms with Crippen molar-refractivity contribution in [2.45, 2.75) is 19.8 Å². The molecule has 19 heavy (non-hydrogen) atoms. The van der Waals surface area contributed by atoms with Crippen molar-refractivity contribution in [3.05, 3.63) is 24.4 Å². The van der Waals surface area contributed by atoms with E-state index < -0.39 is 0 Å². The van der Waals surface area contributed by atoms with Crippen LogP contribution in [0.5, 0.6) is 0 Å². The monoisotopic (exact) mass is 258 g/mol. The first-order valence-corrected chi connectivity index (χ1v) is 6.63. The van der Waals surface area contributed by atoms with Gasteiger partial charge in [0.15, 0.2) is 0 Å². The van der Waals surface area contributed by atoms with Crippen LogP contribution in [0.25, 0.3) is 10.9 Å². The van der Waals surface area contributed by atoms with Crippen LogP contribution < -0.4 is 10.6 Å². The molecule has 1 amide bonds. The van der Waals surface area contributed by atoms with Gasteiger partial charge in [-0.25, -0.2) is 0 Å². The molecule has 100 valence electrons. The number of hydrogen-bond donors (Lipinski definition) is 3. The van der Waals surface area contributed by atoms with Crippen molar-refractivity contribution in [3.8, 4) is 0 Å². The SMILES string of the molecule is CC1(C(=O)Nc2cccc3cn[nH]c23)CCCNC1. The van der Waals surface area contributed by atoms with Crippen LogP contribution >= 0.6 is 0 Å². The quantitative estimate of drug-likeness (QED) is 0.770. The lowest BCUT2D eigenvalue weighted by Gasteiger charge is -2.32. The van der Waals surface area contributed by atoms with Gasteiger partial charge in [-0.3, -0.25) is 9.89 Å². The number of fused-ring (bicyclic) bond motifs is 1. The Morgan fingerprint density at radius 2 is 2.37 bits per heavy atom. The van der Waals surface area contributed by atoms with Crippen LogP contribution in [0, 0.1) is 5.41 Å². The Hall–Kier alpha value is -1.88. The first kappa shape index (κ1) is 12.2. The van der Waals surface area contributed by atoms with Crippen molar-refractivity contribution in [2.75, 3.05) is 18.4 Å². The molecule has 1 aromatic heterocycles. The number of anilines is 1. The largest absolute Gasteiger partial charge is 0.324 e. The van der Waals surface area contributed by atoms with E-state index in [2.05, 4.69) is 20.8 Å². The normalized spacial score (nSPS) is 23.4. The van der Waals surface area contributed by atoms with Gasteiger partial charge in [0.2, 0.25) is 5.91 Å². The van der Waals surface area contributed by atoms with Crippen LogP contribution in [0.1, 0.15) is 19.8 Å². The number of amides is 1. The molecule has 1 aliphatic heterocycles. The van der Waals surface area contributed by atoms with Crippen LogP contribution in [0.15, 0.2) is 24.4 Å². The minimum atomic E-state index is -0.333. The molecule has 1 aromatic carbocycles. The standard InChI is InChI=1S/C14H18N4O/c1-14(6-3-7-15-9-14)13(19)17-11-5-2-4-10-8-16-18-12(10)11/h2,4-5,8,15H,3,6-7,9H2,1H3,(H,16,18)(H,17,19). The lowest BCUT2D eigenvalue weighted by Crippen LogP contribution is -2.46.